The summed E-state index contributed by atoms with van der Waals surface area (Å²) < 4.78 is 2.78. The summed E-state index contributed by atoms with van der Waals surface area (Å²) in [4.78, 5) is 13.9. The highest BCUT2D eigenvalue weighted by molar-refractivity contribution is 8.00. The summed E-state index contributed by atoms with van der Waals surface area (Å²) >= 11 is 4.73. The Hall–Kier alpha value is -2.49. The van der Waals surface area contributed by atoms with Gasteiger partial charge in [0.1, 0.15) is 0 Å². The average molecular weight is 442 g/mol. The van der Waals surface area contributed by atoms with E-state index in [-0.39, 0.29) is 5.91 Å². The fourth-order valence-electron chi connectivity index (χ4n) is 2.83. The van der Waals surface area contributed by atoms with Crippen molar-refractivity contribution in [3.8, 4) is 0 Å². The topological polar surface area (TPSA) is 72.7 Å². The van der Waals surface area contributed by atoms with Crippen LogP contribution in [0.4, 0.5) is 5.13 Å². The van der Waals surface area contributed by atoms with Gasteiger partial charge in [0.15, 0.2) is 4.34 Å². The van der Waals surface area contributed by atoms with Crippen molar-refractivity contribution in [1.82, 2.24) is 20.0 Å². The molecule has 3 heterocycles. The van der Waals surface area contributed by atoms with E-state index in [0.29, 0.717) is 17.2 Å². The first-order chi connectivity index (χ1) is 14.1. The fourth-order valence-corrected chi connectivity index (χ4v) is 5.35. The van der Waals surface area contributed by atoms with Crippen LogP contribution in [0.15, 0.2) is 52.2 Å². The molecule has 4 rings (SSSR count). The van der Waals surface area contributed by atoms with Gasteiger partial charge in [-0.3, -0.25) is 14.8 Å². The second-order valence-corrected chi connectivity index (χ2v) is 9.71. The second-order valence-electron chi connectivity index (χ2n) is 6.48. The Bertz CT molecular complexity index is 1120. The van der Waals surface area contributed by atoms with Crippen LogP contribution in [0.2, 0.25) is 0 Å². The molecule has 0 radical (unpaired) electrons. The monoisotopic (exact) mass is 441 g/mol. The summed E-state index contributed by atoms with van der Waals surface area (Å²) in [5.41, 5.74) is 3.69. The molecule has 0 fully saturated rings. The van der Waals surface area contributed by atoms with Crippen molar-refractivity contribution in [3.05, 3.63) is 75.2 Å². The minimum atomic E-state index is -0.189. The van der Waals surface area contributed by atoms with Gasteiger partial charge in [-0.05, 0) is 49.1 Å². The number of thiophene rings is 1. The van der Waals surface area contributed by atoms with E-state index in [4.69, 9.17) is 0 Å². The maximum Gasteiger partial charge on any atom is 0.257 e. The van der Waals surface area contributed by atoms with Crippen LogP contribution in [0.3, 0.4) is 0 Å². The first-order valence-electron chi connectivity index (χ1n) is 8.97. The molecule has 0 saturated heterocycles. The van der Waals surface area contributed by atoms with Crippen LogP contribution in [0.1, 0.15) is 32.2 Å². The number of nitrogens with zero attached hydrogens (tertiary/aromatic N) is 4. The Morgan fingerprint density at radius 2 is 2.07 bits per heavy atom. The van der Waals surface area contributed by atoms with E-state index >= 15 is 0 Å². The van der Waals surface area contributed by atoms with Gasteiger partial charge in [0, 0.05) is 21.9 Å². The minimum absolute atomic E-state index is 0.189. The number of amides is 1. The van der Waals surface area contributed by atoms with E-state index in [1.807, 2.05) is 48.9 Å². The lowest BCUT2D eigenvalue weighted by Gasteiger charge is -2.07. The number of anilines is 1. The number of carbonyl (C=O) groups excluding carboxylic acids is 1. The fraction of sp³-hybridized carbons (Fsp3) is 0.200. The second kappa shape index (κ2) is 8.89. The molecule has 29 heavy (non-hydrogen) atoms. The number of aromatic nitrogens is 4. The SMILES string of the molecule is Cc1cc(C)n(Cc2cccc(C(=O)Nc3nnc(SCc4cccs4)s3)c2)n1. The van der Waals surface area contributed by atoms with Gasteiger partial charge in [0.05, 0.1) is 12.2 Å². The summed E-state index contributed by atoms with van der Waals surface area (Å²) in [5.74, 6) is 0.667. The molecule has 0 aliphatic heterocycles. The van der Waals surface area contributed by atoms with Crippen LogP contribution in [0.25, 0.3) is 0 Å². The number of nitrogens with one attached hydrogen (secondary N) is 1. The lowest BCUT2D eigenvalue weighted by molar-refractivity contribution is 0.102. The Morgan fingerprint density at radius 1 is 1.17 bits per heavy atom. The molecule has 0 atom stereocenters. The highest BCUT2D eigenvalue weighted by Gasteiger charge is 2.12. The van der Waals surface area contributed by atoms with Gasteiger partial charge in [0.25, 0.3) is 5.91 Å². The molecule has 0 bridgehead atoms. The standard InChI is InChI=1S/C20H19N5OS3/c1-13-9-14(2)25(24-13)11-15-5-3-6-16(10-15)18(26)21-19-22-23-20(29-19)28-12-17-7-4-8-27-17/h3-10H,11-12H2,1-2H3,(H,21,22,26). The third-order valence-corrected chi connectivity index (χ3v) is 7.25. The van der Waals surface area contributed by atoms with E-state index in [9.17, 15) is 4.79 Å². The van der Waals surface area contributed by atoms with E-state index in [0.717, 1.165) is 27.0 Å². The molecule has 1 aromatic carbocycles. The third kappa shape index (κ3) is 5.11. The van der Waals surface area contributed by atoms with Gasteiger partial charge >= 0.3 is 0 Å². The van der Waals surface area contributed by atoms with E-state index in [1.165, 1.54) is 16.2 Å². The molecule has 0 aliphatic carbocycles. The van der Waals surface area contributed by atoms with E-state index in [1.54, 1.807) is 29.2 Å². The summed E-state index contributed by atoms with van der Waals surface area (Å²) in [7, 11) is 0. The molecule has 9 heteroatoms. The van der Waals surface area contributed by atoms with E-state index < -0.39 is 0 Å². The zero-order valence-electron chi connectivity index (χ0n) is 16.0. The molecule has 0 aliphatic rings. The summed E-state index contributed by atoms with van der Waals surface area (Å²) in [5, 5.41) is 18.2. The normalized spacial score (nSPS) is 11.0. The number of hydrogen-bond donors (Lipinski definition) is 1. The molecule has 148 valence electrons. The third-order valence-electron chi connectivity index (χ3n) is 4.17. The maximum absolute atomic E-state index is 12.6. The van der Waals surface area contributed by atoms with Crippen molar-refractivity contribution in [3.63, 3.8) is 0 Å². The molecule has 4 aromatic rings. The van der Waals surface area contributed by atoms with Gasteiger partial charge in [-0.15, -0.1) is 21.5 Å². The van der Waals surface area contributed by atoms with Crippen LogP contribution < -0.4 is 5.32 Å². The smallest absolute Gasteiger partial charge is 0.257 e. The number of aryl methyl sites for hydroxylation is 2. The predicted molar refractivity (Wildman–Crippen MR) is 119 cm³/mol. The molecule has 1 N–H and O–H groups in total. The molecular weight excluding hydrogens is 422 g/mol. The number of hydrogen-bond acceptors (Lipinski definition) is 7. The summed E-state index contributed by atoms with van der Waals surface area (Å²) in [6.07, 6.45) is 0. The Balaban J connectivity index is 1.39. The van der Waals surface area contributed by atoms with Gasteiger partial charge in [0.2, 0.25) is 5.13 Å². The lowest BCUT2D eigenvalue weighted by atomic mass is 10.1. The van der Waals surface area contributed by atoms with Crippen molar-refractivity contribution in [2.75, 3.05) is 5.32 Å². The predicted octanol–water partition coefficient (Wildman–Crippen LogP) is 5.01. The number of thioether (sulfide) groups is 1. The van der Waals surface area contributed by atoms with Crippen LogP contribution in [-0.4, -0.2) is 25.9 Å². The van der Waals surface area contributed by atoms with Crippen molar-refractivity contribution in [2.45, 2.75) is 30.5 Å². The molecule has 0 saturated carbocycles. The van der Waals surface area contributed by atoms with Gasteiger partial charge in [-0.1, -0.05) is 41.3 Å². The molecule has 0 unspecified atom stereocenters. The van der Waals surface area contributed by atoms with Gasteiger partial charge in [-0.25, -0.2) is 0 Å². The average Bonchev–Trinajstić information content (AvgIpc) is 3.43. The Morgan fingerprint density at radius 3 is 2.83 bits per heavy atom. The van der Waals surface area contributed by atoms with Crippen molar-refractivity contribution < 1.29 is 4.79 Å². The molecule has 6 nitrogen and oxygen atoms in total. The van der Waals surface area contributed by atoms with Crippen LogP contribution >= 0.6 is 34.4 Å². The Kier molecular flexibility index (Phi) is 6.08. The number of rotatable bonds is 7. The van der Waals surface area contributed by atoms with Crippen molar-refractivity contribution >= 4 is 45.5 Å². The quantitative estimate of drug-likeness (QED) is 0.322. The number of benzene rings is 1. The van der Waals surface area contributed by atoms with Crippen LogP contribution in [0, 0.1) is 13.8 Å². The molecular formula is C20H19N5OS3. The largest absolute Gasteiger partial charge is 0.296 e. The zero-order valence-corrected chi connectivity index (χ0v) is 18.4. The van der Waals surface area contributed by atoms with Gasteiger partial charge in [-0.2, -0.15) is 5.10 Å². The van der Waals surface area contributed by atoms with Crippen LogP contribution in [0.5, 0.6) is 0 Å². The lowest BCUT2D eigenvalue weighted by Crippen LogP contribution is -2.12. The van der Waals surface area contributed by atoms with Crippen molar-refractivity contribution in [2.24, 2.45) is 0 Å². The summed E-state index contributed by atoms with van der Waals surface area (Å²) in [6, 6.07) is 13.7. The van der Waals surface area contributed by atoms with E-state index in [2.05, 4.69) is 32.1 Å². The zero-order chi connectivity index (χ0) is 20.2. The molecule has 1 amide bonds. The first-order valence-corrected chi connectivity index (χ1v) is 11.6. The minimum Gasteiger partial charge on any atom is -0.296 e. The molecule has 3 aromatic heterocycles. The van der Waals surface area contributed by atoms with Gasteiger partial charge < -0.3 is 0 Å². The number of carbonyl (C=O) groups is 1. The maximum atomic E-state index is 12.6. The highest BCUT2D eigenvalue weighted by Crippen LogP contribution is 2.29. The summed E-state index contributed by atoms with van der Waals surface area (Å²) in [6.45, 7) is 4.63. The van der Waals surface area contributed by atoms with Crippen molar-refractivity contribution in [1.29, 1.82) is 0 Å². The molecule has 0 spiro atoms. The van der Waals surface area contributed by atoms with Crippen LogP contribution in [-0.2, 0) is 12.3 Å². The Labute approximate surface area is 181 Å². The highest BCUT2D eigenvalue weighted by atomic mass is 32.2. The first kappa shape index (κ1) is 19.8.